The van der Waals surface area contributed by atoms with E-state index >= 15 is 0 Å². The van der Waals surface area contributed by atoms with Gasteiger partial charge in [-0.1, -0.05) is 18.2 Å². The Morgan fingerprint density at radius 3 is 2.36 bits per heavy atom. The smallest absolute Gasteiger partial charge is 0.200 e. The maximum absolute atomic E-state index is 5.40. The molecular weight excluding hydrogens is 330 g/mol. The van der Waals surface area contributed by atoms with Crippen LogP contribution in [0.15, 0.2) is 79.1 Å². The van der Waals surface area contributed by atoms with Gasteiger partial charge in [-0.25, -0.2) is 0 Å². The van der Waals surface area contributed by atoms with Crippen LogP contribution in [0, 0.1) is 4.77 Å². The Balaban J connectivity index is 1.67. The molecule has 0 amide bonds. The molecule has 0 atom stereocenters. The van der Waals surface area contributed by atoms with Crippen molar-refractivity contribution >= 4 is 23.6 Å². The largest absolute Gasteiger partial charge is 0.356 e. The standard InChI is InChI=1S/C19H15N5S/c25-19-23-22-18(14-5-4-12-20-13-14)24(19)17-10-8-16(9-11-17)21-15-6-2-1-3-7-15/h1-13,21H,(H,23,25). The van der Waals surface area contributed by atoms with Gasteiger partial charge in [0.1, 0.15) is 0 Å². The molecule has 0 saturated heterocycles. The zero-order valence-electron chi connectivity index (χ0n) is 13.3. The number of hydrogen-bond acceptors (Lipinski definition) is 4. The van der Waals surface area contributed by atoms with Crippen LogP contribution in [0.5, 0.6) is 0 Å². The van der Waals surface area contributed by atoms with Gasteiger partial charge in [-0.2, -0.15) is 5.10 Å². The molecule has 6 heteroatoms. The van der Waals surface area contributed by atoms with Crippen LogP contribution in [0.25, 0.3) is 17.1 Å². The third kappa shape index (κ3) is 3.20. The molecule has 0 bridgehead atoms. The SMILES string of the molecule is S=c1[nH]nc(-c2cccnc2)n1-c1ccc(Nc2ccccc2)cc1. The van der Waals surface area contributed by atoms with E-state index < -0.39 is 0 Å². The topological polar surface area (TPSA) is 58.5 Å². The van der Waals surface area contributed by atoms with Crippen molar-refractivity contribution in [3.8, 4) is 17.1 Å². The van der Waals surface area contributed by atoms with E-state index in [1.165, 1.54) is 0 Å². The van der Waals surface area contributed by atoms with Crippen molar-refractivity contribution in [3.63, 3.8) is 0 Å². The highest BCUT2D eigenvalue weighted by atomic mass is 32.1. The second-order valence-electron chi connectivity index (χ2n) is 5.47. The van der Waals surface area contributed by atoms with Crippen LogP contribution in [0.3, 0.4) is 0 Å². The van der Waals surface area contributed by atoms with Gasteiger partial charge in [-0.05, 0) is 60.7 Å². The van der Waals surface area contributed by atoms with Crippen molar-refractivity contribution in [2.75, 3.05) is 5.32 Å². The molecule has 0 unspecified atom stereocenters. The third-order valence-corrected chi connectivity index (χ3v) is 4.05. The first-order chi connectivity index (χ1) is 12.3. The van der Waals surface area contributed by atoms with Gasteiger partial charge in [0.2, 0.25) is 0 Å². The lowest BCUT2D eigenvalue weighted by Gasteiger charge is -2.09. The molecule has 0 fully saturated rings. The molecule has 2 N–H and O–H groups in total. The lowest BCUT2D eigenvalue weighted by Crippen LogP contribution is -1.98. The molecule has 2 heterocycles. The zero-order chi connectivity index (χ0) is 17.1. The zero-order valence-corrected chi connectivity index (χ0v) is 14.1. The Hall–Kier alpha value is -3.25. The third-order valence-electron chi connectivity index (χ3n) is 3.78. The van der Waals surface area contributed by atoms with E-state index in [4.69, 9.17) is 12.2 Å². The molecule has 0 radical (unpaired) electrons. The Bertz CT molecular complexity index is 1020. The summed E-state index contributed by atoms with van der Waals surface area (Å²) in [5.74, 6) is 0.738. The number of pyridine rings is 1. The molecule has 0 aliphatic carbocycles. The van der Waals surface area contributed by atoms with Gasteiger partial charge >= 0.3 is 0 Å². The predicted octanol–water partition coefficient (Wildman–Crippen LogP) is 4.74. The van der Waals surface area contributed by atoms with E-state index in [0.29, 0.717) is 4.77 Å². The summed E-state index contributed by atoms with van der Waals surface area (Å²) in [6, 6.07) is 21.9. The fraction of sp³-hybridized carbons (Fsp3) is 0. The molecule has 122 valence electrons. The highest BCUT2D eigenvalue weighted by Crippen LogP contribution is 2.23. The molecule has 0 saturated carbocycles. The van der Waals surface area contributed by atoms with Gasteiger partial charge in [0.15, 0.2) is 10.6 Å². The van der Waals surface area contributed by atoms with Crippen LogP contribution in [-0.4, -0.2) is 19.7 Å². The first-order valence-corrected chi connectivity index (χ1v) is 8.22. The van der Waals surface area contributed by atoms with E-state index in [2.05, 4.69) is 20.5 Å². The summed E-state index contributed by atoms with van der Waals surface area (Å²) in [5, 5.41) is 10.6. The monoisotopic (exact) mass is 345 g/mol. The lowest BCUT2D eigenvalue weighted by atomic mass is 10.2. The number of hydrogen-bond donors (Lipinski definition) is 2. The number of H-pyrrole nitrogens is 1. The highest BCUT2D eigenvalue weighted by molar-refractivity contribution is 7.71. The van der Waals surface area contributed by atoms with Gasteiger partial charge in [0.25, 0.3) is 0 Å². The molecule has 0 spiro atoms. The number of aromatic nitrogens is 4. The number of rotatable bonds is 4. The van der Waals surface area contributed by atoms with Crippen molar-refractivity contribution in [3.05, 3.63) is 83.9 Å². The number of anilines is 2. The van der Waals surface area contributed by atoms with Crippen molar-refractivity contribution in [1.82, 2.24) is 19.7 Å². The molecule has 4 rings (SSSR count). The van der Waals surface area contributed by atoms with Crippen LogP contribution in [0.2, 0.25) is 0 Å². The molecule has 0 aliphatic rings. The summed E-state index contributed by atoms with van der Waals surface area (Å²) in [4.78, 5) is 4.15. The minimum atomic E-state index is 0.544. The second-order valence-corrected chi connectivity index (χ2v) is 5.85. The molecular formula is C19H15N5S. The van der Waals surface area contributed by atoms with Gasteiger partial charge in [0, 0.05) is 29.3 Å². The molecule has 25 heavy (non-hydrogen) atoms. The van der Waals surface area contributed by atoms with E-state index in [1.54, 1.807) is 12.4 Å². The van der Waals surface area contributed by atoms with E-state index in [0.717, 1.165) is 28.5 Å². The van der Waals surface area contributed by atoms with Crippen LogP contribution >= 0.6 is 12.2 Å². The summed E-state index contributed by atoms with van der Waals surface area (Å²) in [6.07, 6.45) is 3.51. The molecule has 2 aromatic heterocycles. The van der Waals surface area contributed by atoms with E-state index in [9.17, 15) is 0 Å². The van der Waals surface area contributed by atoms with E-state index in [-0.39, 0.29) is 0 Å². The first-order valence-electron chi connectivity index (χ1n) is 7.81. The molecule has 4 aromatic rings. The fourth-order valence-corrected chi connectivity index (χ4v) is 2.84. The number of para-hydroxylation sites is 1. The highest BCUT2D eigenvalue weighted by Gasteiger charge is 2.10. The second kappa shape index (κ2) is 6.70. The Kier molecular flexibility index (Phi) is 4.10. The molecule has 5 nitrogen and oxygen atoms in total. The summed E-state index contributed by atoms with van der Waals surface area (Å²) in [6.45, 7) is 0. The van der Waals surface area contributed by atoms with Crippen LogP contribution in [0.1, 0.15) is 0 Å². The van der Waals surface area contributed by atoms with Crippen molar-refractivity contribution in [2.24, 2.45) is 0 Å². The van der Waals surface area contributed by atoms with E-state index in [1.807, 2.05) is 71.3 Å². The first kappa shape index (κ1) is 15.3. The normalized spacial score (nSPS) is 10.6. The summed E-state index contributed by atoms with van der Waals surface area (Å²) in [7, 11) is 0. The average Bonchev–Trinajstić information content (AvgIpc) is 3.05. The maximum atomic E-state index is 5.40. The van der Waals surface area contributed by atoms with Crippen LogP contribution in [-0.2, 0) is 0 Å². The molecule has 2 aromatic carbocycles. The summed E-state index contributed by atoms with van der Waals surface area (Å²) >= 11 is 5.40. The minimum Gasteiger partial charge on any atom is -0.356 e. The number of nitrogens with zero attached hydrogens (tertiary/aromatic N) is 3. The van der Waals surface area contributed by atoms with Gasteiger partial charge < -0.3 is 5.32 Å². The maximum Gasteiger partial charge on any atom is 0.200 e. The van der Waals surface area contributed by atoms with Crippen molar-refractivity contribution in [1.29, 1.82) is 0 Å². The van der Waals surface area contributed by atoms with Gasteiger partial charge in [-0.3, -0.25) is 14.6 Å². The number of aromatic amines is 1. The van der Waals surface area contributed by atoms with Crippen molar-refractivity contribution in [2.45, 2.75) is 0 Å². The minimum absolute atomic E-state index is 0.544. The fourth-order valence-electron chi connectivity index (χ4n) is 2.61. The van der Waals surface area contributed by atoms with Gasteiger partial charge in [-0.15, -0.1) is 0 Å². The van der Waals surface area contributed by atoms with Crippen LogP contribution < -0.4 is 5.32 Å². The van der Waals surface area contributed by atoms with Gasteiger partial charge in [0.05, 0.1) is 5.69 Å². The summed E-state index contributed by atoms with van der Waals surface area (Å²) < 4.78 is 2.45. The number of nitrogens with one attached hydrogen (secondary N) is 2. The predicted molar refractivity (Wildman–Crippen MR) is 102 cm³/mol. The van der Waals surface area contributed by atoms with Crippen molar-refractivity contribution < 1.29 is 0 Å². The Labute approximate surface area is 150 Å². The number of benzene rings is 2. The van der Waals surface area contributed by atoms with Crippen LogP contribution in [0.4, 0.5) is 11.4 Å². The molecule has 0 aliphatic heterocycles. The Morgan fingerprint density at radius 1 is 0.880 bits per heavy atom. The lowest BCUT2D eigenvalue weighted by molar-refractivity contribution is 1.03. The summed E-state index contributed by atoms with van der Waals surface area (Å²) in [5.41, 5.74) is 3.90. The average molecular weight is 345 g/mol. The quantitative estimate of drug-likeness (QED) is 0.525. The Morgan fingerprint density at radius 2 is 1.64 bits per heavy atom.